The second kappa shape index (κ2) is 5.89. The van der Waals surface area contributed by atoms with E-state index in [9.17, 15) is 0 Å². The van der Waals surface area contributed by atoms with Gasteiger partial charge in [0.2, 0.25) is 0 Å². The van der Waals surface area contributed by atoms with Gasteiger partial charge in [0, 0.05) is 0 Å². The third-order valence-corrected chi connectivity index (χ3v) is 10.8. The van der Waals surface area contributed by atoms with Crippen molar-refractivity contribution < 1.29 is 0 Å². The molecule has 0 saturated heterocycles. The number of fused-ring (bicyclic) bond motifs is 3. The molecule has 0 fully saturated rings. The molecule has 0 saturated carbocycles. The number of hydrogen-bond acceptors (Lipinski definition) is 0. The van der Waals surface area contributed by atoms with Crippen LogP contribution in [0.25, 0.3) is 11.1 Å². The zero-order valence-corrected chi connectivity index (χ0v) is 16.5. The van der Waals surface area contributed by atoms with Gasteiger partial charge >= 0.3 is 140 Å². The summed E-state index contributed by atoms with van der Waals surface area (Å²) < 4.78 is 4.20. The van der Waals surface area contributed by atoms with Gasteiger partial charge in [0.1, 0.15) is 0 Å². The van der Waals surface area contributed by atoms with Crippen LogP contribution < -0.4 is 8.70 Å². The zero-order chi connectivity index (χ0) is 16.0. The van der Waals surface area contributed by atoms with Crippen LogP contribution in [-0.2, 0) is 0 Å². The van der Waals surface area contributed by atoms with Crippen LogP contribution in [0.1, 0.15) is 64.5 Å². The molecule has 0 aliphatic carbocycles. The molecule has 3 rings (SSSR count). The van der Waals surface area contributed by atoms with Crippen molar-refractivity contribution in [3.63, 3.8) is 0 Å². The van der Waals surface area contributed by atoms with E-state index in [0.29, 0.717) is 11.8 Å². The van der Waals surface area contributed by atoms with Crippen molar-refractivity contribution in [3.8, 4) is 11.1 Å². The summed E-state index contributed by atoms with van der Waals surface area (Å²) in [4.78, 5) is 0. The molecule has 2 aromatic carbocycles. The van der Waals surface area contributed by atoms with E-state index in [1.807, 2.05) is 0 Å². The van der Waals surface area contributed by atoms with Crippen LogP contribution in [0.4, 0.5) is 0 Å². The second-order valence-corrected chi connectivity index (χ2v) is 12.9. The van der Waals surface area contributed by atoms with Crippen molar-refractivity contribution in [2.75, 3.05) is 0 Å². The van der Waals surface area contributed by atoms with Crippen molar-refractivity contribution in [3.05, 3.63) is 47.5 Å². The van der Waals surface area contributed by atoms with Crippen LogP contribution in [0.3, 0.4) is 0 Å². The Balaban J connectivity index is 2.35. The molecule has 0 radical (unpaired) electrons. The summed E-state index contributed by atoms with van der Waals surface area (Å²) in [5, 5.41) is 0. The number of hydrogen-bond donors (Lipinski definition) is 0. The Bertz CT molecular complexity index is 695. The van der Waals surface area contributed by atoms with Crippen LogP contribution in [0.2, 0.25) is 4.71 Å². The van der Waals surface area contributed by atoms with E-state index in [-0.39, 0.29) is 0 Å². The molecule has 0 amide bonds. The van der Waals surface area contributed by atoms with Gasteiger partial charge in [-0.3, -0.25) is 0 Å². The van der Waals surface area contributed by atoms with Crippen molar-refractivity contribution in [2.45, 2.75) is 58.1 Å². The molecule has 0 N–H and O–H groups in total. The van der Waals surface area contributed by atoms with E-state index in [4.69, 9.17) is 0 Å². The first-order chi connectivity index (χ1) is 10.4. The standard InChI is InChI=1S/C21H27As/c1-13(2)16-11-12-18-17-9-7-8-10-19(17)22(15(5)6)21(18)20(16)14(3)4/h7-15H,1-6H3. The topological polar surface area (TPSA) is 0 Å². The first-order valence-electron chi connectivity index (χ1n) is 8.48. The van der Waals surface area contributed by atoms with Crippen molar-refractivity contribution in [2.24, 2.45) is 0 Å². The average Bonchev–Trinajstić information content (AvgIpc) is 2.80. The fourth-order valence-corrected chi connectivity index (χ4v) is 10.3. The predicted octanol–water partition coefficient (Wildman–Crippen LogP) is 4.93. The van der Waals surface area contributed by atoms with Gasteiger partial charge in [0.05, 0.1) is 0 Å². The monoisotopic (exact) mass is 354 g/mol. The van der Waals surface area contributed by atoms with E-state index < -0.39 is 14.7 Å². The van der Waals surface area contributed by atoms with E-state index in [1.165, 1.54) is 11.1 Å². The minimum atomic E-state index is -1.20. The normalized spacial score (nSPS) is 16.5. The molecule has 116 valence electrons. The predicted molar refractivity (Wildman–Crippen MR) is 100 cm³/mol. The summed E-state index contributed by atoms with van der Waals surface area (Å²) >= 11 is -1.20. The SMILES string of the molecule is CC(C)c1ccc2c(c1C(C)C)[As](C(C)C)c1ccccc1-2. The van der Waals surface area contributed by atoms with Gasteiger partial charge in [-0.05, 0) is 0 Å². The molecule has 1 unspecified atom stereocenters. The molecule has 2 aromatic rings. The maximum atomic E-state index is 2.43. The van der Waals surface area contributed by atoms with Crippen molar-refractivity contribution >= 4 is 23.4 Å². The third kappa shape index (κ3) is 2.37. The Hall–Kier alpha value is -1.00. The first kappa shape index (κ1) is 15.9. The molecule has 22 heavy (non-hydrogen) atoms. The van der Waals surface area contributed by atoms with Crippen LogP contribution in [0.5, 0.6) is 0 Å². The van der Waals surface area contributed by atoms with Gasteiger partial charge in [0.15, 0.2) is 0 Å². The number of rotatable bonds is 3. The molecular formula is C21H27As. The Kier molecular flexibility index (Phi) is 4.25. The summed E-state index contributed by atoms with van der Waals surface area (Å²) in [6, 6.07) is 14.0. The average molecular weight is 354 g/mol. The summed E-state index contributed by atoms with van der Waals surface area (Å²) in [6.45, 7) is 14.3. The summed E-state index contributed by atoms with van der Waals surface area (Å²) in [5.74, 6) is 1.21. The minimum absolute atomic E-state index is 0.606. The van der Waals surface area contributed by atoms with Gasteiger partial charge in [-0.25, -0.2) is 0 Å². The molecule has 1 heteroatoms. The fourth-order valence-electron chi connectivity index (χ4n) is 3.78. The maximum absolute atomic E-state index is 2.43. The second-order valence-electron chi connectivity index (χ2n) is 7.25. The molecule has 1 aliphatic rings. The van der Waals surface area contributed by atoms with E-state index in [0.717, 1.165) is 4.71 Å². The Morgan fingerprint density at radius 3 is 2.00 bits per heavy atom. The Morgan fingerprint density at radius 1 is 0.727 bits per heavy atom. The molecular weight excluding hydrogens is 327 g/mol. The van der Waals surface area contributed by atoms with Gasteiger partial charge in [0.25, 0.3) is 0 Å². The molecule has 1 heterocycles. The molecule has 0 aromatic heterocycles. The van der Waals surface area contributed by atoms with Crippen LogP contribution >= 0.6 is 0 Å². The zero-order valence-electron chi connectivity index (χ0n) is 14.6. The molecule has 1 aliphatic heterocycles. The van der Waals surface area contributed by atoms with E-state index in [2.05, 4.69) is 77.9 Å². The van der Waals surface area contributed by atoms with Gasteiger partial charge < -0.3 is 0 Å². The van der Waals surface area contributed by atoms with Crippen molar-refractivity contribution in [1.29, 1.82) is 0 Å². The molecule has 1 atom stereocenters. The van der Waals surface area contributed by atoms with Crippen LogP contribution in [-0.4, -0.2) is 14.7 Å². The summed E-state index contributed by atoms with van der Waals surface area (Å²) in [6.07, 6.45) is 0. The summed E-state index contributed by atoms with van der Waals surface area (Å²) in [7, 11) is 0. The van der Waals surface area contributed by atoms with Crippen molar-refractivity contribution in [1.82, 2.24) is 0 Å². The van der Waals surface area contributed by atoms with E-state index in [1.54, 1.807) is 19.8 Å². The summed E-state index contributed by atoms with van der Waals surface area (Å²) in [5.41, 5.74) is 6.29. The fraction of sp³-hybridized carbons (Fsp3) is 0.429. The molecule has 0 bridgehead atoms. The van der Waals surface area contributed by atoms with Gasteiger partial charge in [-0.15, -0.1) is 0 Å². The van der Waals surface area contributed by atoms with Crippen LogP contribution in [0, 0.1) is 0 Å². The molecule has 0 spiro atoms. The first-order valence-corrected chi connectivity index (χ1v) is 11.4. The van der Waals surface area contributed by atoms with E-state index >= 15 is 0 Å². The third-order valence-electron chi connectivity index (χ3n) is 4.66. The Labute approximate surface area is 140 Å². The van der Waals surface area contributed by atoms with Gasteiger partial charge in [-0.1, -0.05) is 0 Å². The molecule has 0 nitrogen and oxygen atoms in total. The Morgan fingerprint density at radius 2 is 1.41 bits per heavy atom. The van der Waals surface area contributed by atoms with Crippen LogP contribution in [0.15, 0.2) is 36.4 Å². The number of benzene rings is 2. The quantitative estimate of drug-likeness (QED) is 0.686. The van der Waals surface area contributed by atoms with Gasteiger partial charge in [-0.2, -0.15) is 0 Å².